The van der Waals surface area contributed by atoms with Crippen LogP contribution in [0.25, 0.3) is 10.9 Å². The summed E-state index contributed by atoms with van der Waals surface area (Å²) < 4.78 is 4.93. The number of amides is 1. The van der Waals surface area contributed by atoms with E-state index in [1.807, 2.05) is 6.92 Å². The van der Waals surface area contributed by atoms with Crippen LogP contribution in [0.3, 0.4) is 0 Å². The highest BCUT2D eigenvalue weighted by molar-refractivity contribution is 6.07. The van der Waals surface area contributed by atoms with E-state index in [0.717, 1.165) is 12.5 Å². The molecule has 1 heterocycles. The molecule has 1 aromatic heterocycles. The molecule has 0 radical (unpaired) electrons. The maximum Gasteiger partial charge on any atom is 0.326 e. The predicted molar refractivity (Wildman–Crippen MR) is 93.9 cm³/mol. The number of carbonyl (C=O) groups is 3. The molecule has 0 aliphatic heterocycles. The Morgan fingerprint density at radius 2 is 2.00 bits per heavy atom. The Morgan fingerprint density at radius 1 is 1.27 bits per heavy atom. The zero-order valence-electron chi connectivity index (χ0n) is 14.3. The van der Waals surface area contributed by atoms with E-state index in [4.69, 9.17) is 4.74 Å². The van der Waals surface area contributed by atoms with E-state index in [2.05, 4.69) is 10.3 Å². The lowest BCUT2D eigenvalue weighted by Gasteiger charge is -2.15. The summed E-state index contributed by atoms with van der Waals surface area (Å²) in [5.74, 6) is -2.82. The molecule has 26 heavy (non-hydrogen) atoms. The molecule has 0 bridgehead atoms. The molecule has 0 aliphatic rings. The standard InChI is InChI=1S/C18H20N2O6/c1-2-3-8-26-16(22)10-14(18(24)25)20-17(23)12-9-15(21)19-13-7-5-4-6-11(12)13/h4-7,9,14H,2-3,8,10H2,1H3,(H,19,21)(H,20,23)(H,24,25)/t14-/m0/s1. The van der Waals surface area contributed by atoms with Gasteiger partial charge in [-0.25, -0.2) is 4.79 Å². The summed E-state index contributed by atoms with van der Waals surface area (Å²) in [6.45, 7) is 2.13. The van der Waals surface area contributed by atoms with Gasteiger partial charge in [-0.15, -0.1) is 0 Å². The molecule has 0 saturated carbocycles. The largest absolute Gasteiger partial charge is 0.480 e. The van der Waals surface area contributed by atoms with Gasteiger partial charge in [-0.05, 0) is 12.5 Å². The number of hydrogen-bond donors (Lipinski definition) is 3. The third-order valence-corrected chi connectivity index (χ3v) is 3.73. The molecule has 2 aromatic rings. The highest BCUT2D eigenvalue weighted by Gasteiger charge is 2.25. The molecule has 8 nitrogen and oxygen atoms in total. The minimum Gasteiger partial charge on any atom is -0.480 e. The molecule has 0 fully saturated rings. The van der Waals surface area contributed by atoms with Crippen molar-refractivity contribution in [1.29, 1.82) is 0 Å². The monoisotopic (exact) mass is 360 g/mol. The topological polar surface area (TPSA) is 126 Å². The van der Waals surface area contributed by atoms with Crippen molar-refractivity contribution in [1.82, 2.24) is 10.3 Å². The van der Waals surface area contributed by atoms with Crippen molar-refractivity contribution in [2.24, 2.45) is 0 Å². The van der Waals surface area contributed by atoms with E-state index in [0.29, 0.717) is 17.3 Å². The Kier molecular flexibility index (Phi) is 6.48. The Hall–Kier alpha value is -3.16. The minimum atomic E-state index is -1.45. The van der Waals surface area contributed by atoms with E-state index >= 15 is 0 Å². The molecule has 0 spiro atoms. The smallest absolute Gasteiger partial charge is 0.326 e. The van der Waals surface area contributed by atoms with Gasteiger partial charge in [-0.2, -0.15) is 0 Å². The number of fused-ring (bicyclic) bond motifs is 1. The fourth-order valence-electron chi connectivity index (χ4n) is 2.38. The number of para-hydroxylation sites is 1. The molecule has 138 valence electrons. The number of nitrogens with one attached hydrogen (secondary N) is 2. The first kappa shape index (κ1) is 19.2. The summed E-state index contributed by atoms with van der Waals surface area (Å²) in [5, 5.41) is 12.0. The van der Waals surface area contributed by atoms with Crippen molar-refractivity contribution in [3.8, 4) is 0 Å². The van der Waals surface area contributed by atoms with Crippen LogP contribution in [0.15, 0.2) is 35.1 Å². The summed E-state index contributed by atoms with van der Waals surface area (Å²) in [5.41, 5.74) is 0.00523. The summed E-state index contributed by atoms with van der Waals surface area (Å²) in [6.07, 6.45) is 1.02. The Bertz CT molecular complexity index is 873. The first-order chi connectivity index (χ1) is 12.4. The van der Waals surface area contributed by atoms with Crippen LogP contribution in [-0.4, -0.2) is 40.6 Å². The zero-order chi connectivity index (χ0) is 19.1. The maximum atomic E-state index is 12.5. The number of carbonyl (C=O) groups excluding carboxylic acids is 2. The van der Waals surface area contributed by atoms with Crippen LogP contribution in [0.4, 0.5) is 0 Å². The van der Waals surface area contributed by atoms with Crippen molar-refractivity contribution >= 4 is 28.7 Å². The van der Waals surface area contributed by atoms with Crippen LogP contribution >= 0.6 is 0 Å². The second-order valence-electron chi connectivity index (χ2n) is 5.74. The molecule has 0 saturated heterocycles. The van der Waals surface area contributed by atoms with E-state index in [1.165, 1.54) is 0 Å². The quantitative estimate of drug-likeness (QED) is 0.483. The number of aromatic amines is 1. The number of pyridine rings is 1. The molecule has 1 aromatic carbocycles. The first-order valence-corrected chi connectivity index (χ1v) is 8.23. The maximum absolute atomic E-state index is 12.5. The van der Waals surface area contributed by atoms with Gasteiger partial charge in [0.15, 0.2) is 0 Å². The molecule has 3 N–H and O–H groups in total. The Balaban J connectivity index is 2.17. The summed E-state index contributed by atoms with van der Waals surface area (Å²) in [6, 6.07) is 6.30. The number of hydrogen-bond acceptors (Lipinski definition) is 5. The lowest BCUT2D eigenvalue weighted by atomic mass is 10.1. The number of aliphatic carboxylic acids is 1. The van der Waals surface area contributed by atoms with Crippen LogP contribution in [0.2, 0.25) is 0 Å². The molecular weight excluding hydrogens is 340 g/mol. The number of aromatic nitrogens is 1. The summed E-state index contributed by atoms with van der Waals surface area (Å²) >= 11 is 0. The molecule has 8 heteroatoms. The van der Waals surface area contributed by atoms with E-state index in [1.54, 1.807) is 24.3 Å². The van der Waals surface area contributed by atoms with Gasteiger partial charge in [0.2, 0.25) is 5.56 Å². The first-order valence-electron chi connectivity index (χ1n) is 8.23. The Labute approximate surface area is 149 Å². The SMILES string of the molecule is CCCCOC(=O)C[C@H](NC(=O)c1cc(=O)[nH]c2ccccc12)C(=O)O. The van der Waals surface area contributed by atoms with Crippen molar-refractivity contribution < 1.29 is 24.2 Å². The average molecular weight is 360 g/mol. The number of esters is 1. The van der Waals surface area contributed by atoms with E-state index in [-0.39, 0.29) is 12.2 Å². The number of carboxylic acids is 1. The van der Waals surface area contributed by atoms with Crippen LogP contribution < -0.4 is 10.9 Å². The van der Waals surface area contributed by atoms with Crippen molar-refractivity contribution in [2.75, 3.05) is 6.61 Å². The van der Waals surface area contributed by atoms with Gasteiger partial charge in [0, 0.05) is 17.0 Å². The molecular formula is C18H20N2O6. The highest BCUT2D eigenvalue weighted by Crippen LogP contribution is 2.14. The fraction of sp³-hybridized carbons (Fsp3) is 0.333. The van der Waals surface area contributed by atoms with Crippen molar-refractivity contribution in [3.63, 3.8) is 0 Å². The van der Waals surface area contributed by atoms with Crippen LogP contribution in [0.5, 0.6) is 0 Å². The number of unbranched alkanes of at least 4 members (excludes halogenated alkanes) is 1. The fourth-order valence-corrected chi connectivity index (χ4v) is 2.38. The van der Waals surface area contributed by atoms with Gasteiger partial charge < -0.3 is 20.1 Å². The highest BCUT2D eigenvalue weighted by atomic mass is 16.5. The number of rotatable bonds is 8. The zero-order valence-corrected chi connectivity index (χ0v) is 14.3. The normalized spacial score (nSPS) is 11.7. The number of carboxylic acid groups (broad SMARTS) is 1. The molecule has 2 rings (SSSR count). The lowest BCUT2D eigenvalue weighted by Crippen LogP contribution is -2.42. The van der Waals surface area contributed by atoms with Crippen LogP contribution in [0, 0.1) is 0 Å². The van der Waals surface area contributed by atoms with Crippen LogP contribution in [0.1, 0.15) is 36.5 Å². The Morgan fingerprint density at radius 3 is 2.69 bits per heavy atom. The third kappa shape index (κ3) is 4.92. The average Bonchev–Trinajstić information content (AvgIpc) is 2.60. The van der Waals surface area contributed by atoms with Crippen molar-refractivity contribution in [2.45, 2.75) is 32.2 Å². The predicted octanol–water partition coefficient (Wildman–Crippen LogP) is 1.44. The second-order valence-corrected chi connectivity index (χ2v) is 5.74. The van der Waals surface area contributed by atoms with Crippen LogP contribution in [-0.2, 0) is 14.3 Å². The molecule has 0 aliphatic carbocycles. The number of H-pyrrole nitrogens is 1. The van der Waals surface area contributed by atoms with E-state index < -0.39 is 35.9 Å². The minimum absolute atomic E-state index is 0.0370. The number of ether oxygens (including phenoxy) is 1. The molecule has 1 atom stereocenters. The van der Waals surface area contributed by atoms with Gasteiger partial charge in [-0.3, -0.25) is 14.4 Å². The lowest BCUT2D eigenvalue weighted by molar-refractivity contribution is -0.149. The van der Waals surface area contributed by atoms with Gasteiger partial charge in [-0.1, -0.05) is 31.5 Å². The van der Waals surface area contributed by atoms with Gasteiger partial charge in [0.25, 0.3) is 5.91 Å². The molecule has 1 amide bonds. The van der Waals surface area contributed by atoms with Gasteiger partial charge in [0.1, 0.15) is 6.04 Å². The number of benzene rings is 1. The van der Waals surface area contributed by atoms with Gasteiger partial charge in [0.05, 0.1) is 18.6 Å². The second kappa shape index (κ2) is 8.80. The summed E-state index contributed by atoms with van der Waals surface area (Å²) in [4.78, 5) is 49.9. The van der Waals surface area contributed by atoms with Crippen molar-refractivity contribution in [3.05, 3.63) is 46.2 Å². The third-order valence-electron chi connectivity index (χ3n) is 3.73. The summed E-state index contributed by atoms with van der Waals surface area (Å²) in [7, 11) is 0. The van der Waals surface area contributed by atoms with Gasteiger partial charge >= 0.3 is 11.9 Å². The van der Waals surface area contributed by atoms with E-state index in [9.17, 15) is 24.3 Å². The molecule has 0 unspecified atom stereocenters.